The van der Waals surface area contributed by atoms with Gasteiger partial charge in [-0.1, -0.05) is 43.4 Å². The highest BCUT2D eigenvalue weighted by Gasteiger charge is 2.25. The Balaban J connectivity index is 2.69. The van der Waals surface area contributed by atoms with Crippen LogP contribution in [0.4, 0.5) is 0 Å². The van der Waals surface area contributed by atoms with Crippen LogP contribution < -0.4 is 4.98 Å². The molecule has 0 saturated heterocycles. The molecule has 0 fully saturated rings. The lowest BCUT2D eigenvalue weighted by molar-refractivity contribution is 0.460. The topological polar surface area (TPSA) is 12.0 Å². The van der Waals surface area contributed by atoms with E-state index in [9.17, 15) is 0 Å². The van der Waals surface area contributed by atoms with E-state index in [0.717, 1.165) is 11.4 Å². The average Bonchev–Trinajstić information content (AvgIpc) is 2.04. The summed E-state index contributed by atoms with van der Waals surface area (Å²) in [6, 6.07) is 8.13. The summed E-state index contributed by atoms with van der Waals surface area (Å²) in [5, 5.41) is 0.805. The summed E-state index contributed by atoms with van der Waals surface area (Å²) in [6.07, 6.45) is 1.04. The fraction of sp³-hybridized carbons (Fsp3) is 0.538. The minimum atomic E-state index is -1.23. The first-order chi connectivity index (χ1) is 7.18. The molecule has 0 radical (unpaired) electrons. The van der Waals surface area contributed by atoms with Gasteiger partial charge in [0.15, 0.2) is 0 Å². The fourth-order valence-corrected chi connectivity index (χ4v) is 4.42. The number of halogens is 1. The predicted octanol–water partition coefficient (Wildman–Crippen LogP) is 4.09. The number of benzene rings is 1. The van der Waals surface area contributed by atoms with Crippen molar-refractivity contribution in [2.45, 2.75) is 45.4 Å². The summed E-state index contributed by atoms with van der Waals surface area (Å²) in [5.74, 6) is 0. The van der Waals surface area contributed by atoms with Crippen molar-refractivity contribution in [2.75, 3.05) is 0 Å². The van der Waals surface area contributed by atoms with Gasteiger partial charge in [-0.25, -0.2) is 0 Å². The summed E-state index contributed by atoms with van der Waals surface area (Å²) in [6.45, 7) is 11.5. The SMILES string of the molecule is CC(C)(Cc1ccc(Cl)cc1)N[Si](C)(C)C. The van der Waals surface area contributed by atoms with Crippen LogP contribution in [-0.2, 0) is 6.42 Å². The van der Waals surface area contributed by atoms with E-state index in [1.165, 1.54) is 5.56 Å². The van der Waals surface area contributed by atoms with Crippen LogP contribution >= 0.6 is 11.6 Å². The molecule has 3 heteroatoms. The smallest absolute Gasteiger partial charge is 0.116 e. The molecule has 0 aliphatic heterocycles. The molecule has 0 saturated carbocycles. The second-order valence-corrected chi connectivity index (χ2v) is 11.2. The Morgan fingerprint density at radius 1 is 1.12 bits per heavy atom. The molecule has 0 atom stereocenters. The molecule has 0 amide bonds. The van der Waals surface area contributed by atoms with Crippen LogP contribution in [0.1, 0.15) is 19.4 Å². The first kappa shape index (κ1) is 13.8. The largest absolute Gasteiger partial charge is 0.332 e. The van der Waals surface area contributed by atoms with Crippen molar-refractivity contribution < 1.29 is 0 Å². The lowest BCUT2D eigenvalue weighted by Gasteiger charge is -2.34. The second kappa shape index (κ2) is 4.90. The van der Waals surface area contributed by atoms with E-state index < -0.39 is 8.24 Å². The molecular weight excluding hydrogens is 234 g/mol. The van der Waals surface area contributed by atoms with Crippen molar-refractivity contribution in [3.8, 4) is 0 Å². The van der Waals surface area contributed by atoms with Crippen LogP contribution in [0.15, 0.2) is 24.3 Å². The first-order valence-electron chi connectivity index (χ1n) is 5.72. The molecule has 16 heavy (non-hydrogen) atoms. The fourth-order valence-electron chi connectivity index (χ4n) is 2.17. The van der Waals surface area contributed by atoms with E-state index in [-0.39, 0.29) is 5.54 Å². The summed E-state index contributed by atoms with van der Waals surface area (Å²) >= 11 is 5.88. The van der Waals surface area contributed by atoms with Gasteiger partial charge in [-0.15, -0.1) is 0 Å². The number of hydrogen-bond donors (Lipinski definition) is 1. The van der Waals surface area contributed by atoms with Gasteiger partial charge in [0.05, 0.1) is 0 Å². The maximum absolute atomic E-state index is 5.88. The van der Waals surface area contributed by atoms with Crippen molar-refractivity contribution in [1.82, 2.24) is 4.98 Å². The minimum Gasteiger partial charge on any atom is -0.332 e. The molecule has 1 rings (SSSR count). The van der Waals surface area contributed by atoms with Crippen molar-refractivity contribution in [2.24, 2.45) is 0 Å². The lowest BCUT2D eigenvalue weighted by atomic mass is 9.96. The average molecular weight is 256 g/mol. The standard InChI is InChI=1S/C13H22ClNSi/c1-13(2,15-16(3,4)5)10-11-6-8-12(14)9-7-11/h6-9,15H,10H2,1-5H3. The Kier molecular flexibility index (Phi) is 4.21. The lowest BCUT2D eigenvalue weighted by Crippen LogP contribution is -2.54. The third-order valence-electron chi connectivity index (χ3n) is 2.27. The Morgan fingerprint density at radius 2 is 1.62 bits per heavy atom. The van der Waals surface area contributed by atoms with Gasteiger partial charge in [0.2, 0.25) is 0 Å². The highest BCUT2D eigenvalue weighted by Crippen LogP contribution is 2.17. The summed E-state index contributed by atoms with van der Waals surface area (Å²) in [4.78, 5) is 3.76. The van der Waals surface area contributed by atoms with Gasteiger partial charge in [-0.3, -0.25) is 0 Å². The summed E-state index contributed by atoms with van der Waals surface area (Å²) < 4.78 is 0. The highest BCUT2D eigenvalue weighted by molar-refractivity contribution is 6.73. The molecule has 0 unspecified atom stereocenters. The van der Waals surface area contributed by atoms with Crippen LogP contribution in [0.2, 0.25) is 24.7 Å². The molecule has 0 bridgehead atoms. The van der Waals surface area contributed by atoms with Gasteiger partial charge in [-0.2, -0.15) is 0 Å². The Morgan fingerprint density at radius 3 is 2.06 bits per heavy atom. The van der Waals surface area contributed by atoms with Crippen LogP contribution in [0.5, 0.6) is 0 Å². The van der Waals surface area contributed by atoms with E-state index in [4.69, 9.17) is 11.6 Å². The van der Waals surface area contributed by atoms with Gasteiger partial charge >= 0.3 is 0 Å². The highest BCUT2D eigenvalue weighted by atomic mass is 35.5. The van der Waals surface area contributed by atoms with E-state index in [0.29, 0.717) is 0 Å². The van der Waals surface area contributed by atoms with E-state index in [1.807, 2.05) is 12.1 Å². The first-order valence-corrected chi connectivity index (χ1v) is 9.60. The predicted molar refractivity (Wildman–Crippen MR) is 75.7 cm³/mol. The molecule has 0 spiro atoms. The molecular formula is C13H22ClNSi. The molecule has 1 aromatic rings. The van der Waals surface area contributed by atoms with Crippen molar-refractivity contribution >= 4 is 19.8 Å². The maximum Gasteiger partial charge on any atom is 0.116 e. The molecule has 90 valence electrons. The molecule has 0 aliphatic rings. The molecule has 1 N–H and O–H groups in total. The van der Waals surface area contributed by atoms with Crippen LogP contribution in [-0.4, -0.2) is 13.8 Å². The van der Waals surface area contributed by atoms with Gasteiger partial charge in [0, 0.05) is 10.6 Å². The minimum absolute atomic E-state index is 0.151. The molecule has 1 aromatic carbocycles. The van der Waals surface area contributed by atoms with Gasteiger partial charge in [0.25, 0.3) is 0 Å². The van der Waals surface area contributed by atoms with Crippen molar-refractivity contribution in [1.29, 1.82) is 0 Å². The third-order valence-corrected chi connectivity index (χ3v) is 3.95. The zero-order chi connectivity index (χ0) is 12.4. The number of nitrogens with one attached hydrogen (secondary N) is 1. The van der Waals surface area contributed by atoms with Gasteiger partial charge in [-0.05, 0) is 38.0 Å². The normalized spacial score (nSPS) is 12.9. The third kappa shape index (κ3) is 5.15. The van der Waals surface area contributed by atoms with Crippen LogP contribution in [0.3, 0.4) is 0 Å². The molecule has 1 nitrogen and oxygen atoms in total. The number of hydrogen-bond acceptors (Lipinski definition) is 1. The second-order valence-electron chi connectivity index (χ2n) is 6.06. The van der Waals surface area contributed by atoms with Crippen molar-refractivity contribution in [3.63, 3.8) is 0 Å². The Hall–Kier alpha value is -0.313. The molecule has 0 aliphatic carbocycles. The van der Waals surface area contributed by atoms with Crippen LogP contribution in [0.25, 0.3) is 0 Å². The maximum atomic E-state index is 5.88. The van der Waals surface area contributed by atoms with E-state index in [1.54, 1.807) is 0 Å². The zero-order valence-electron chi connectivity index (χ0n) is 10.9. The Labute approximate surface area is 105 Å². The van der Waals surface area contributed by atoms with E-state index >= 15 is 0 Å². The van der Waals surface area contributed by atoms with E-state index in [2.05, 4.69) is 50.6 Å². The Bertz CT molecular complexity index is 338. The molecule has 0 heterocycles. The van der Waals surface area contributed by atoms with Crippen molar-refractivity contribution in [3.05, 3.63) is 34.9 Å². The summed E-state index contributed by atoms with van der Waals surface area (Å²) in [7, 11) is -1.23. The van der Waals surface area contributed by atoms with Gasteiger partial charge < -0.3 is 4.98 Å². The number of rotatable bonds is 4. The molecule has 0 aromatic heterocycles. The summed E-state index contributed by atoms with van der Waals surface area (Å²) in [5.41, 5.74) is 1.48. The quantitative estimate of drug-likeness (QED) is 0.800. The monoisotopic (exact) mass is 255 g/mol. The zero-order valence-corrected chi connectivity index (χ0v) is 12.7. The van der Waals surface area contributed by atoms with Gasteiger partial charge in [0.1, 0.15) is 8.24 Å². The van der Waals surface area contributed by atoms with Crippen LogP contribution in [0, 0.1) is 0 Å².